The Bertz CT molecular complexity index is 186. The molecule has 4 heteroatoms. The van der Waals surface area contributed by atoms with Gasteiger partial charge in [0.2, 0.25) is 0 Å². The Labute approximate surface area is 58.7 Å². The number of rotatable bonds is 1. The Hall–Kier alpha value is -1.19. The first kappa shape index (κ1) is 8.81. The van der Waals surface area contributed by atoms with E-state index in [2.05, 4.69) is 16.3 Å². The van der Waals surface area contributed by atoms with E-state index in [0.717, 1.165) is 0 Å². The standard InChI is InChI=1S/C6H9FN2O/c1-4(7)5(2)9-6(8)10-3/h8H,1H2,2-3H3/b8-6?,9-5+. The number of amidine groups is 1. The number of methoxy groups -OCH3 is 1. The summed E-state index contributed by atoms with van der Waals surface area (Å²) in [6, 6.07) is -0.323. The van der Waals surface area contributed by atoms with Crippen LogP contribution in [0.2, 0.25) is 0 Å². The fourth-order valence-electron chi connectivity index (χ4n) is 0.259. The molecule has 0 bridgehead atoms. The summed E-state index contributed by atoms with van der Waals surface area (Å²) in [7, 11) is 1.29. The molecule has 0 aromatic heterocycles. The molecule has 0 heterocycles. The first-order chi connectivity index (χ1) is 4.57. The van der Waals surface area contributed by atoms with Crippen LogP contribution < -0.4 is 0 Å². The van der Waals surface area contributed by atoms with Crippen molar-refractivity contribution in [1.82, 2.24) is 0 Å². The smallest absolute Gasteiger partial charge is 0.308 e. The lowest BCUT2D eigenvalue weighted by Gasteiger charge is -1.95. The number of aliphatic imine (C=N–C) groups is 1. The van der Waals surface area contributed by atoms with Gasteiger partial charge in [0, 0.05) is 0 Å². The third-order valence-corrected chi connectivity index (χ3v) is 0.855. The van der Waals surface area contributed by atoms with E-state index >= 15 is 0 Å². The number of hydrogen-bond acceptors (Lipinski definition) is 2. The second-order valence-electron chi connectivity index (χ2n) is 1.61. The summed E-state index contributed by atoms with van der Waals surface area (Å²) >= 11 is 0. The zero-order valence-corrected chi connectivity index (χ0v) is 5.94. The number of hydrogen-bond donors (Lipinski definition) is 1. The van der Waals surface area contributed by atoms with E-state index in [4.69, 9.17) is 5.41 Å². The van der Waals surface area contributed by atoms with Gasteiger partial charge in [-0.25, -0.2) is 9.80 Å². The maximum Gasteiger partial charge on any atom is 0.308 e. The average Bonchev–Trinajstić information content (AvgIpc) is 1.87. The highest BCUT2D eigenvalue weighted by Crippen LogP contribution is 1.95. The van der Waals surface area contributed by atoms with Gasteiger partial charge in [-0.1, -0.05) is 6.58 Å². The molecule has 1 N–H and O–H groups in total. The lowest BCUT2D eigenvalue weighted by atomic mass is 10.4. The van der Waals surface area contributed by atoms with Crippen molar-refractivity contribution in [1.29, 1.82) is 5.41 Å². The molecule has 0 saturated heterocycles. The SMILES string of the molecule is C=C(F)/C(C)=N/C(=N)OC. The normalized spacial score (nSPS) is 10.9. The molecule has 0 amide bonds. The summed E-state index contributed by atoms with van der Waals surface area (Å²) in [6.07, 6.45) is 0. The van der Waals surface area contributed by atoms with Gasteiger partial charge in [-0.2, -0.15) is 4.99 Å². The summed E-state index contributed by atoms with van der Waals surface area (Å²) < 4.78 is 16.5. The largest absolute Gasteiger partial charge is 0.467 e. The molecule has 0 rings (SSSR count). The number of ether oxygens (including phenoxy) is 1. The van der Waals surface area contributed by atoms with Gasteiger partial charge >= 0.3 is 6.02 Å². The molecule has 0 unspecified atom stereocenters. The van der Waals surface area contributed by atoms with Crippen LogP contribution in [-0.2, 0) is 4.74 Å². The average molecular weight is 144 g/mol. The Morgan fingerprint density at radius 1 is 1.70 bits per heavy atom. The van der Waals surface area contributed by atoms with Gasteiger partial charge in [0.1, 0.15) is 5.83 Å². The molecule has 10 heavy (non-hydrogen) atoms. The molecule has 0 aromatic carbocycles. The molecule has 0 saturated carbocycles. The summed E-state index contributed by atoms with van der Waals surface area (Å²) in [6.45, 7) is 4.41. The minimum Gasteiger partial charge on any atom is -0.467 e. The van der Waals surface area contributed by atoms with E-state index in [1.807, 2.05) is 0 Å². The van der Waals surface area contributed by atoms with Crippen LogP contribution in [0.1, 0.15) is 6.92 Å². The summed E-state index contributed by atoms with van der Waals surface area (Å²) in [5.74, 6) is -0.651. The van der Waals surface area contributed by atoms with Gasteiger partial charge in [0.25, 0.3) is 0 Å². The minimum absolute atomic E-state index is 0.0619. The van der Waals surface area contributed by atoms with Crippen molar-refractivity contribution in [3.8, 4) is 0 Å². The van der Waals surface area contributed by atoms with E-state index in [0.29, 0.717) is 0 Å². The highest BCUT2D eigenvalue weighted by atomic mass is 19.1. The summed E-state index contributed by atoms with van der Waals surface area (Å²) in [4.78, 5) is 3.40. The van der Waals surface area contributed by atoms with Crippen molar-refractivity contribution in [2.24, 2.45) is 4.99 Å². The van der Waals surface area contributed by atoms with E-state index in [9.17, 15) is 4.39 Å². The van der Waals surface area contributed by atoms with Gasteiger partial charge in [-0.15, -0.1) is 0 Å². The van der Waals surface area contributed by atoms with E-state index < -0.39 is 5.83 Å². The fourth-order valence-corrected chi connectivity index (χ4v) is 0.259. The zero-order chi connectivity index (χ0) is 8.15. The molecule has 3 nitrogen and oxygen atoms in total. The van der Waals surface area contributed by atoms with E-state index in [1.165, 1.54) is 14.0 Å². The highest BCUT2D eigenvalue weighted by molar-refractivity contribution is 6.01. The van der Waals surface area contributed by atoms with Crippen LogP contribution in [0.3, 0.4) is 0 Å². The predicted molar refractivity (Wildman–Crippen MR) is 38.1 cm³/mol. The van der Waals surface area contributed by atoms with Crippen LogP contribution in [0.25, 0.3) is 0 Å². The molecule has 0 atom stereocenters. The van der Waals surface area contributed by atoms with Crippen LogP contribution in [-0.4, -0.2) is 18.8 Å². The molecule has 0 aliphatic heterocycles. The van der Waals surface area contributed by atoms with Crippen LogP contribution >= 0.6 is 0 Å². The molecular weight excluding hydrogens is 135 g/mol. The van der Waals surface area contributed by atoms with E-state index in [1.54, 1.807) is 0 Å². The molecule has 56 valence electrons. The number of nitrogens with zero attached hydrogens (tertiary/aromatic N) is 1. The maximum atomic E-state index is 12.1. The Kier molecular flexibility index (Phi) is 3.32. The third-order valence-electron chi connectivity index (χ3n) is 0.855. The van der Waals surface area contributed by atoms with Crippen molar-refractivity contribution in [3.05, 3.63) is 12.4 Å². The predicted octanol–water partition coefficient (Wildman–Crippen LogP) is 1.51. The first-order valence-corrected chi connectivity index (χ1v) is 2.60. The van der Waals surface area contributed by atoms with Gasteiger partial charge in [0.15, 0.2) is 0 Å². The Morgan fingerprint density at radius 2 is 2.20 bits per heavy atom. The molecule has 0 aliphatic carbocycles. The van der Waals surface area contributed by atoms with Crippen molar-refractivity contribution >= 4 is 11.7 Å². The van der Waals surface area contributed by atoms with Gasteiger partial charge in [-0.05, 0) is 6.92 Å². The van der Waals surface area contributed by atoms with Crippen LogP contribution in [0.15, 0.2) is 17.4 Å². The summed E-state index contributed by atoms with van der Waals surface area (Å²) in [5, 5.41) is 6.84. The van der Waals surface area contributed by atoms with Gasteiger partial charge < -0.3 is 4.74 Å². The van der Waals surface area contributed by atoms with Gasteiger partial charge in [0.05, 0.1) is 12.8 Å². The lowest BCUT2D eigenvalue weighted by Crippen LogP contribution is -2.00. The Morgan fingerprint density at radius 3 is 2.50 bits per heavy atom. The maximum absolute atomic E-state index is 12.1. The molecule has 0 radical (unpaired) electrons. The van der Waals surface area contributed by atoms with Crippen molar-refractivity contribution in [3.63, 3.8) is 0 Å². The van der Waals surface area contributed by atoms with Crippen LogP contribution in [0.5, 0.6) is 0 Å². The second-order valence-corrected chi connectivity index (χ2v) is 1.61. The van der Waals surface area contributed by atoms with Crippen LogP contribution in [0, 0.1) is 5.41 Å². The first-order valence-electron chi connectivity index (χ1n) is 2.60. The monoisotopic (exact) mass is 144 g/mol. The third kappa shape index (κ3) is 2.96. The topological polar surface area (TPSA) is 45.4 Å². The number of nitrogens with one attached hydrogen (secondary N) is 1. The fraction of sp³-hybridized carbons (Fsp3) is 0.333. The molecule has 0 spiro atoms. The molecule has 0 fully saturated rings. The van der Waals surface area contributed by atoms with Crippen molar-refractivity contribution in [2.45, 2.75) is 6.92 Å². The van der Waals surface area contributed by atoms with Crippen LogP contribution in [0.4, 0.5) is 4.39 Å². The molecule has 0 aliphatic rings. The Balaban J connectivity index is 4.16. The lowest BCUT2D eigenvalue weighted by molar-refractivity contribution is 0.393. The number of allylic oxidation sites excluding steroid dienone is 1. The van der Waals surface area contributed by atoms with Crippen molar-refractivity contribution < 1.29 is 9.13 Å². The highest BCUT2D eigenvalue weighted by Gasteiger charge is 1.96. The summed E-state index contributed by atoms with van der Waals surface area (Å²) in [5.41, 5.74) is 0.0619. The van der Waals surface area contributed by atoms with E-state index in [-0.39, 0.29) is 11.7 Å². The zero-order valence-electron chi connectivity index (χ0n) is 5.94. The van der Waals surface area contributed by atoms with Crippen molar-refractivity contribution in [2.75, 3.05) is 7.11 Å². The minimum atomic E-state index is -0.651. The second kappa shape index (κ2) is 3.76. The quantitative estimate of drug-likeness (QED) is 0.440. The number of halogens is 1. The molecular formula is C6H9FN2O. The molecule has 0 aromatic rings. The van der Waals surface area contributed by atoms with Gasteiger partial charge in [-0.3, -0.25) is 0 Å².